The second kappa shape index (κ2) is 4.75. The predicted octanol–water partition coefficient (Wildman–Crippen LogP) is 2.88. The minimum Gasteiger partial charge on any atom is -0.385 e. The normalized spacial score (nSPS) is 10.5. The predicted molar refractivity (Wildman–Crippen MR) is 73.9 cm³/mol. The molecule has 0 unspecified atom stereocenters. The lowest BCUT2D eigenvalue weighted by atomic mass is 10.1. The Morgan fingerprint density at radius 2 is 2.00 bits per heavy atom. The van der Waals surface area contributed by atoms with E-state index < -0.39 is 0 Å². The third-order valence-corrected chi connectivity index (χ3v) is 3.13. The number of rotatable bonds is 2. The monoisotopic (exact) mass is 292 g/mol. The van der Waals surface area contributed by atoms with E-state index in [-0.39, 0.29) is 5.56 Å². The van der Waals surface area contributed by atoms with Gasteiger partial charge in [-0.05, 0) is 36.2 Å². The molecule has 4 heteroatoms. The van der Waals surface area contributed by atoms with Gasteiger partial charge in [0.05, 0.1) is 0 Å². The number of nitrogen functional groups attached to an aromatic ring is 1. The highest BCUT2D eigenvalue weighted by molar-refractivity contribution is 9.10. The van der Waals surface area contributed by atoms with Crippen molar-refractivity contribution in [3.8, 4) is 11.1 Å². The third-order valence-electron chi connectivity index (χ3n) is 2.63. The summed E-state index contributed by atoms with van der Waals surface area (Å²) in [4.78, 5) is 11.8. The van der Waals surface area contributed by atoms with Gasteiger partial charge in [-0.15, -0.1) is 0 Å². The van der Waals surface area contributed by atoms with Crippen LogP contribution in [0.5, 0.6) is 0 Å². The smallest absolute Gasteiger partial charge is 0.252 e. The molecule has 88 valence electrons. The van der Waals surface area contributed by atoms with Crippen molar-refractivity contribution < 1.29 is 0 Å². The fraction of sp³-hybridized carbons (Fsp3) is 0.154. The van der Waals surface area contributed by atoms with Gasteiger partial charge in [0.15, 0.2) is 0 Å². The largest absolute Gasteiger partial charge is 0.385 e. The number of hydrogen-bond acceptors (Lipinski definition) is 2. The van der Waals surface area contributed by atoms with Gasteiger partial charge in [-0.25, -0.2) is 0 Å². The van der Waals surface area contributed by atoms with E-state index in [1.165, 1.54) is 0 Å². The van der Waals surface area contributed by atoms with E-state index in [2.05, 4.69) is 15.9 Å². The summed E-state index contributed by atoms with van der Waals surface area (Å²) >= 11 is 3.41. The van der Waals surface area contributed by atoms with E-state index in [0.717, 1.165) is 15.6 Å². The topological polar surface area (TPSA) is 48.0 Å². The van der Waals surface area contributed by atoms with Crippen LogP contribution in [0, 0.1) is 0 Å². The molecule has 2 N–H and O–H groups in total. The Bertz CT molecular complexity index is 605. The van der Waals surface area contributed by atoms with Crippen LogP contribution in [0.3, 0.4) is 0 Å². The van der Waals surface area contributed by atoms with Gasteiger partial charge in [-0.2, -0.15) is 0 Å². The first-order valence-corrected chi connectivity index (χ1v) is 6.17. The summed E-state index contributed by atoms with van der Waals surface area (Å²) in [5, 5.41) is 0. The van der Waals surface area contributed by atoms with E-state index in [1.54, 1.807) is 10.6 Å². The van der Waals surface area contributed by atoms with Crippen molar-refractivity contribution in [2.75, 3.05) is 5.73 Å². The minimum absolute atomic E-state index is 0.0672. The zero-order valence-corrected chi connectivity index (χ0v) is 11.1. The average molecular weight is 293 g/mol. The van der Waals surface area contributed by atoms with Gasteiger partial charge in [0.2, 0.25) is 0 Å². The molecule has 3 nitrogen and oxygen atoms in total. The van der Waals surface area contributed by atoms with Gasteiger partial charge >= 0.3 is 0 Å². The van der Waals surface area contributed by atoms with Crippen molar-refractivity contribution in [2.45, 2.75) is 13.5 Å². The molecule has 0 aliphatic heterocycles. The van der Waals surface area contributed by atoms with E-state index in [1.807, 2.05) is 37.3 Å². The van der Waals surface area contributed by atoms with E-state index in [0.29, 0.717) is 12.4 Å². The maximum Gasteiger partial charge on any atom is 0.252 e. The maximum absolute atomic E-state index is 11.8. The van der Waals surface area contributed by atoms with Crippen LogP contribution < -0.4 is 11.3 Å². The van der Waals surface area contributed by atoms with Crippen molar-refractivity contribution in [2.24, 2.45) is 0 Å². The Labute approximate surface area is 108 Å². The van der Waals surface area contributed by atoms with Gasteiger partial charge in [0, 0.05) is 17.1 Å². The van der Waals surface area contributed by atoms with Gasteiger partial charge in [-0.3, -0.25) is 9.36 Å². The molecule has 0 aliphatic rings. The number of hydrogen-bond donors (Lipinski definition) is 1. The summed E-state index contributed by atoms with van der Waals surface area (Å²) in [6.45, 7) is 2.49. The zero-order chi connectivity index (χ0) is 12.4. The summed E-state index contributed by atoms with van der Waals surface area (Å²) < 4.78 is 2.52. The Morgan fingerprint density at radius 3 is 2.59 bits per heavy atom. The number of anilines is 1. The molecule has 0 atom stereocenters. The molecule has 0 aliphatic carbocycles. The molecule has 1 aromatic heterocycles. The second-order valence-electron chi connectivity index (χ2n) is 3.76. The Morgan fingerprint density at radius 1 is 1.24 bits per heavy atom. The molecule has 1 heterocycles. The summed E-state index contributed by atoms with van der Waals surface area (Å²) in [6.07, 6.45) is 0. The van der Waals surface area contributed by atoms with E-state index in [9.17, 15) is 4.79 Å². The van der Waals surface area contributed by atoms with Crippen molar-refractivity contribution in [1.29, 1.82) is 0 Å². The SMILES string of the molecule is CCn1c(N)cc(-c2cccc(Br)c2)cc1=O. The third kappa shape index (κ3) is 2.42. The van der Waals surface area contributed by atoms with Crippen LogP contribution in [0.15, 0.2) is 45.7 Å². The molecule has 0 saturated carbocycles. The average Bonchev–Trinajstić information content (AvgIpc) is 2.28. The molecular weight excluding hydrogens is 280 g/mol. The number of pyridine rings is 1. The molecule has 0 spiro atoms. The number of halogens is 1. The van der Waals surface area contributed by atoms with Crippen LogP contribution in [0.2, 0.25) is 0 Å². The van der Waals surface area contributed by atoms with E-state index >= 15 is 0 Å². The van der Waals surface area contributed by atoms with Crippen LogP contribution in [-0.2, 0) is 6.54 Å². The van der Waals surface area contributed by atoms with Crippen molar-refractivity contribution in [1.82, 2.24) is 4.57 Å². The number of nitrogens with zero attached hydrogens (tertiary/aromatic N) is 1. The first-order chi connectivity index (χ1) is 8.11. The first kappa shape index (κ1) is 11.9. The fourth-order valence-corrected chi connectivity index (χ4v) is 2.19. The molecule has 0 saturated heterocycles. The standard InChI is InChI=1S/C13H13BrN2O/c1-2-16-12(15)7-10(8-13(16)17)9-4-3-5-11(14)6-9/h3-8H,2,15H2,1H3. The van der Waals surface area contributed by atoms with Gasteiger partial charge in [-0.1, -0.05) is 28.1 Å². The van der Waals surface area contributed by atoms with Gasteiger partial charge < -0.3 is 5.73 Å². The number of nitrogens with two attached hydrogens (primary N) is 1. The number of benzene rings is 1. The van der Waals surface area contributed by atoms with Crippen molar-refractivity contribution in [3.63, 3.8) is 0 Å². The molecular formula is C13H13BrN2O. The van der Waals surface area contributed by atoms with Crippen LogP contribution in [-0.4, -0.2) is 4.57 Å². The summed E-state index contributed by atoms with van der Waals surface area (Å²) in [5.74, 6) is 0.495. The molecule has 0 fully saturated rings. The highest BCUT2D eigenvalue weighted by atomic mass is 79.9. The minimum atomic E-state index is -0.0672. The summed E-state index contributed by atoms with van der Waals surface area (Å²) in [7, 11) is 0. The second-order valence-corrected chi connectivity index (χ2v) is 4.68. The summed E-state index contributed by atoms with van der Waals surface area (Å²) in [6, 6.07) is 11.2. The van der Waals surface area contributed by atoms with Crippen LogP contribution >= 0.6 is 15.9 Å². The molecule has 0 bridgehead atoms. The Kier molecular flexibility index (Phi) is 3.33. The highest BCUT2D eigenvalue weighted by Gasteiger charge is 2.04. The molecule has 1 aromatic carbocycles. The first-order valence-electron chi connectivity index (χ1n) is 5.38. The van der Waals surface area contributed by atoms with Crippen LogP contribution in [0.4, 0.5) is 5.82 Å². The van der Waals surface area contributed by atoms with Crippen LogP contribution in [0.1, 0.15) is 6.92 Å². The molecule has 2 aromatic rings. The Balaban J connectivity index is 2.58. The zero-order valence-electron chi connectivity index (χ0n) is 9.48. The highest BCUT2D eigenvalue weighted by Crippen LogP contribution is 2.23. The van der Waals surface area contributed by atoms with Crippen LogP contribution in [0.25, 0.3) is 11.1 Å². The lowest BCUT2D eigenvalue weighted by molar-refractivity contribution is 0.740. The molecule has 0 radical (unpaired) electrons. The lowest BCUT2D eigenvalue weighted by Crippen LogP contribution is -2.21. The quantitative estimate of drug-likeness (QED) is 0.925. The van der Waals surface area contributed by atoms with Crippen molar-refractivity contribution >= 4 is 21.7 Å². The maximum atomic E-state index is 11.8. The van der Waals surface area contributed by atoms with Gasteiger partial charge in [0.1, 0.15) is 5.82 Å². The van der Waals surface area contributed by atoms with E-state index in [4.69, 9.17) is 5.73 Å². The number of aromatic nitrogens is 1. The Hall–Kier alpha value is -1.55. The fourth-order valence-electron chi connectivity index (χ4n) is 1.79. The molecule has 17 heavy (non-hydrogen) atoms. The van der Waals surface area contributed by atoms with Gasteiger partial charge in [0.25, 0.3) is 5.56 Å². The summed E-state index contributed by atoms with van der Waals surface area (Å²) in [5.41, 5.74) is 7.62. The molecule has 0 amide bonds. The molecule has 2 rings (SSSR count). The lowest BCUT2D eigenvalue weighted by Gasteiger charge is -2.09. The van der Waals surface area contributed by atoms with Crippen molar-refractivity contribution in [3.05, 3.63) is 51.2 Å².